The number of nitrogens with one attached hydrogen (secondary N) is 1. The molecule has 0 spiro atoms. The molecule has 1 aromatic carbocycles. The fraction of sp³-hybridized carbons (Fsp3) is 0.600. The molecular formula is C15H23N3O2. The normalized spacial score (nSPS) is 17.1. The van der Waals surface area contributed by atoms with E-state index in [1.54, 1.807) is 19.1 Å². The zero-order valence-corrected chi connectivity index (χ0v) is 12.3. The van der Waals surface area contributed by atoms with E-state index < -0.39 is 0 Å². The molecule has 1 saturated heterocycles. The van der Waals surface area contributed by atoms with Crippen LogP contribution >= 0.6 is 0 Å². The summed E-state index contributed by atoms with van der Waals surface area (Å²) in [6.07, 6.45) is 2.33. The zero-order valence-electron chi connectivity index (χ0n) is 12.3. The average Bonchev–Trinajstić information content (AvgIpc) is 2.45. The van der Waals surface area contributed by atoms with Crippen LogP contribution in [0.15, 0.2) is 18.2 Å². The molecule has 0 radical (unpaired) electrons. The molecule has 110 valence electrons. The van der Waals surface area contributed by atoms with Gasteiger partial charge in [0.05, 0.1) is 4.92 Å². The second-order valence-electron chi connectivity index (χ2n) is 5.49. The zero-order chi connectivity index (χ0) is 14.5. The first kappa shape index (κ1) is 14.8. The molecule has 1 fully saturated rings. The van der Waals surface area contributed by atoms with Crippen LogP contribution in [0.4, 0.5) is 11.4 Å². The molecule has 1 aliphatic heterocycles. The summed E-state index contributed by atoms with van der Waals surface area (Å²) in [5.41, 5.74) is 1.56. The van der Waals surface area contributed by atoms with E-state index in [9.17, 15) is 10.1 Å². The lowest BCUT2D eigenvalue weighted by molar-refractivity contribution is -0.384. The maximum absolute atomic E-state index is 11.1. The van der Waals surface area contributed by atoms with Crippen LogP contribution in [-0.4, -0.2) is 36.0 Å². The van der Waals surface area contributed by atoms with Gasteiger partial charge in [-0.05, 0) is 51.4 Å². The van der Waals surface area contributed by atoms with Crippen LogP contribution < -0.4 is 5.32 Å². The van der Waals surface area contributed by atoms with Gasteiger partial charge in [0.25, 0.3) is 5.69 Å². The van der Waals surface area contributed by atoms with Crippen LogP contribution in [0.5, 0.6) is 0 Å². The summed E-state index contributed by atoms with van der Waals surface area (Å²) >= 11 is 0. The van der Waals surface area contributed by atoms with Crippen LogP contribution in [0, 0.1) is 23.0 Å². The molecule has 2 rings (SSSR count). The SMILES string of the molecule is CCN1CCC(CNc2cccc(C)c2[N+](=O)[O-])CC1. The summed E-state index contributed by atoms with van der Waals surface area (Å²) in [6.45, 7) is 8.18. The van der Waals surface area contributed by atoms with Gasteiger partial charge < -0.3 is 10.2 Å². The molecule has 0 saturated carbocycles. The van der Waals surface area contributed by atoms with Gasteiger partial charge in [-0.1, -0.05) is 19.1 Å². The molecule has 20 heavy (non-hydrogen) atoms. The monoisotopic (exact) mass is 277 g/mol. The van der Waals surface area contributed by atoms with Gasteiger partial charge in [0, 0.05) is 12.1 Å². The van der Waals surface area contributed by atoms with Crippen molar-refractivity contribution < 1.29 is 4.92 Å². The Labute approximate surface area is 120 Å². The van der Waals surface area contributed by atoms with Crippen molar-refractivity contribution >= 4 is 11.4 Å². The molecule has 0 amide bonds. The summed E-state index contributed by atoms with van der Waals surface area (Å²) in [5.74, 6) is 0.609. The van der Waals surface area contributed by atoms with E-state index in [-0.39, 0.29) is 10.6 Å². The molecule has 0 aliphatic carbocycles. The second kappa shape index (κ2) is 6.70. The number of hydrogen-bond acceptors (Lipinski definition) is 4. The molecule has 1 heterocycles. The maximum Gasteiger partial charge on any atom is 0.295 e. The van der Waals surface area contributed by atoms with E-state index in [0.29, 0.717) is 17.2 Å². The van der Waals surface area contributed by atoms with Crippen molar-refractivity contribution in [3.05, 3.63) is 33.9 Å². The summed E-state index contributed by atoms with van der Waals surface area (Å²) < 4.78 is 0. The summed E-state index contributed by atoms with van der Waals surface area (Å²) in [5, 5.41) is 14.4. The Morgan fingerprint density at radius 2 is 2.10 bits per heavy atom. The first-order valence-electron chi connectivity index (χ1n) is 7.32. The Morgan fingerprint density at radius 3 is 2.70 bits per heavy atom. The van der Waals surface area contributed by atoms with Crippen molar-refractivity contribution in [1.29, 1.82) is 0 Å². The average molecular weight is 277 g/mol. The Balaban J connectivity index is 1.95. The largest absolute Gasteiger partial charge is 0.379 e. The van der Waals surface area contributed by atoms with Crippen LogP contribution in [0.2, 0.25) is 0 Å². The van der Waals surface area contributed by atoms with Crippen molar-refractivity contribution in [1.82, 2.24) is 4.90 Å². The van der Waals surface area contributed by atoms with Crippen LogP contribution in [-0.2, 0) is 0 Å². The second-order valence-corrected chi connectivity index (χ2v) is 5.49. The number of nitro groups is 1. The number of benzene rings is 1. The van der Waals surface area contributed by atoms with Crippen molar-refractivity contribution in [2.24, 2.45) is 5.92 Å². The highest BCUT2D eigenvalue weighted by Gasteiger charge is 2.20. The number of nitro benzene ring substituents is 1. The van der Waals surface area contributed by atoms with Crippen molar-refractivity contribution in [2.75, 3.05) is 31.5 Å². The first-order valence-corrected chi connectivity index (χ1v) is 7.32. The van der Waals surface area contributed by atoms with Crippen LogP contribution in [0.1, 0.15) is 25.3 Å². The highest BCUT2D eigenvalue weighted by atomic mass is 16.6. The van der Waals surface area contributed by atoms with E-state index in [4.69, 9.17) is 0 Å². The highest BCUT2D eigenvalue weighted by molar-refractivity contribution is 5.64. The van der Waals surface area contributed by atoms with Crippen molar-refractivity contribution in [3.8, 4) is 0 Å². The molecular weight excluding hydrogens is 254 g/mol. The summed E-state index contributed by atoms with van der Waals surface area (Å²) in [6, 6.07) is 5.44. The Morgan fingerprint density at radius 1 is 1.40 bits per heavy atom. The predicted molar refractivity (Wildman–Crippen MR) is 81.2 cm³/mol. The van der Waals surface area contributed by atoms with Gasteiger partial charge in [-0.25, -0.2) is 0 Å². The van der Waals surface area contributed by atoms with E-state index >= 15 is 0 Å². The molecule has 5 nitrogen and oxygen atoms in total. The number of anilines is 1. The number of piperidine rings is 1. The fourth-order valence-corrected chi connectivity index (χ4v) is 2.81. The number of nitrogens with zero attached hydrogens (tertiary/aromatic N) is 2. The Bertz CT molecular complexity index is 468. The third kappa shape index (κ3) is 3.48. The van der Waals surface area contributed by atoms with Gasteiger partial charge in [0.15, 0.2) is 0 Å². The first-order chi connectivity index (χ1) is 9.61. The van der Waals surface area contributed by atoms with Crippen LogP contribution in [0.25, 0.3) is 0 Å². The number of aryl methyl sites for hydroxylation is 1. The Kier molecular flexibility index (Phi) is 4.95. The lowest BCUT2D eigenvalue weighted by Gasteiger charge is -2.31. The number of rotatable bonds is 5. The standard InChI is InChI=1S/C15H23N3O2/c1-3-17-9-7-13(8-10-17)11-16-14-6-4-5-12(2)15(14)18(19)20/h4-6,13,16H,3,7-11H2,1-2H3. The number of para-hydroxylation sites is 1. The minimum absolute atomic E-state index is 0.207. The topological polar surface area (TPSA) is 58.4 Å². The number of hydrogen-bond donors (Lipinski definition) is 1. The molecule has 1 aliphatic rings. The molecule has 0 aromatic heterocycles. The molecule has 0 atom stereocenters. The minimum Gasteiger partial charge on any atom is -0.379 e. The highest BCUT2D eigenvalue weighted by Crippen LogP contribution is 2.28. The fourth-order valence-electron chi connectivity index (χ4n) is 2.81. The van der Waals surface area contributed by atoms with Crippen molar-refractivity contribution in [2.45, 2.75) is 26.7 Å². The van der Waals surface area contributed by atoms with Gasteiger partial charge in [-0.2, -0.15) is 0 Å². The summed E-state index contributed by atoms with van der Waals surface area (Å²) in [4.78, 5) is 13.3. The number of likely N-dealkylation sites (tertiary alicyclic amines) is 1. The molecule has 5 heteroatoms. The predicted octanol–water partition coefficient (Wildman–Crippen LogP) is 3.05. The van der Waals surface area contributed by atoms with Gasteiger partial charge in [0.1, 0.15) is 5.69 Å². The van der Waals surface area contributed by atoms with Gasteiger partial charge in [0.2, 0.25) is 0 Å². The van der Waals surface area contributed by atoms with Crippen LogP contribution in [0.3, 0.4) is 0 Å². The van der Waals surface area contributed by atoms with Crippen molar-refractivity contribution in [3.63, 3.8) is 0 Å². The third-order valence-electron chi connectivity index (χ3n) is 4.16. The quantitative estimate of drug-likeness (QED) is 0.664. The van der Waals surface area contributed by atoms with Gasteiger partial charge >= 0.3 is 0 Å². The summed E-state index contributed by atoms with van der Waals surface area (Å²) in [7, 11) is 0. The molecule has 1 aromatic rings. The minimum atomic E-state index is -0.294. The molecule has 0 bridgehead atoms. The molecule has 0 unspecified atom stereocenters. The lowest BCUT2D eigenvalue weighted by atomic mass is 9.96. The van der Waals surface area contributed by atoms with E-state index in [2.05, 4.69) is 17.1 Å². The lowest BCUT2D eigenvalue weighted by Crippen LogP contribution is -2.35. The Hall–Kier alpha value is -1.62. The molecule has 1 N–H and O–H groups in total. The van der Waals surface area contributed by atoms with E-state index in [1.807, 2.05) is 6.07 Å². The van der Waals surface area contributed by atoms with E-state index in [0.717, 1.165) is 26.2 Å². The van der Waals surface area contributed by atoms with Gasteiger partial charge in [-0.15, -0.1) is 0 Å². The third-order valence-corrected chi connectivity index (χ3v) is 4.16. The maximum atomic E-state index is 11.1. The van der Waals surface area contributed by atoms with E-state index in [1.165, 1.54) is 12.8 Å². The van der Waals surface area contributed by atoms with Gasteiger partial charge in [-0.3, -0.25) is 10.1 Å². The smallest absolute Gasteiger partial charge is 0.295 e.